The number of primary amides is 1. The molecule has 0 saturated carbocycles. The quantitative estimate of drug-likeness (QED) is 0.0120. The molecule has 3 aliphatic heterocycles. The summed E-state index contributed by atoms with van der Waals surface area (Å²) in [5, 5.41) is 24.7. The number of furan rings is 1. The molecule has 0 aliphatic carbocycles. The van der Waals surface area contributed by atoms with Crippen LogP contribution in [0.4, 0.5) is 31.4 Å². The van der Waals surface area contributed by atoms with Gasteiger partial charge in [0.15, 0.2) is 11.5 Å². The van der Waals surface area contributed by atoms with E-state index in [1.165, 1.54) is 39.0 Å². The summed E-state index contributed by atoms with van der Waals surface area (Å²) in [6.07, 6.45) is 2.11. The van der Waals surface area contributed by atoms with E-state index in [2.05, 4.69) is 28.2 Å². The van der Waals surface area contributed by atoms with E-state index in [1.54, 1.807) is 69.0 Å². The van der Waals surface area contributed by atoms with Crippen LogP contribution in [0.3, 0.4) is 0 Å². The van der Waals surface area contributed by atoms with Crippen LogP contribution in [0.15, 0.2) is 114 Å². The number of ether oxygens (including phenoxy) is 8. The Hall–Kier alpha value is -9.45. The molecule has 4 heterocycles. The number of carbonyl (C=O) groups excluding carboxylic acids is 10. The first-order valence-corrected chi connectivity index (χ1v) is 36.5. The standard InChI is InChI=1S/C78H97N10O20.U/c1-7-53-48-88(75(96)64-25-24-63(107-64)74(95)87-47-51(6)69-57-17-12-10-15-55(57)62(89)45-60(69)87)61-46-65(56-16-11-13-18-58(56)70(53)61)108-78(99)85(9-3)31-30-84(8-2)77(98)106-49-52-20-22-54(23-21-52)81-72(93)59(19-14-29-80-76(79)97)82-73(94)71(50(4)5)83-66(90)28-33-100-35-37-102-39-41-104-43-44-105-42-40-103-38-36-101-34-32-86-67(91)26-27-68(86)92;/h10-13,15-18,20-27,45-46,50-51,53,59,71,89H,6-9,14,19,28-44,47-49H2,1-5H3,(H,81,93)(H,82,94)(H,83,90)(H3,79,80,97);/q-1;/t51?,53-,59+,71?;/m1./s1. The Morgan fingerprint density at radius 1 is 0.633 bits per heavy atom. The van der Waals surface area contributed by atoms with Crippen molar-refractivity contribution >= 4 is 98.2 Å². The zero-order chi connectivity index (χ0) is 77.2. The fourth-order valence-corrected chi connectivity index (χ4v) is 12.8. The normalized spacial score (nSPS) is 14.8. The second-order valence-electron chi connectivity index (χ2n) is 26.2. The number of hydrogen-bond donors (Lipinski definition) is 6. The number of likely N-dealkylation sites (N-methyl/N-ethyl adjacent to an activating group) is 2. The molecule has 11 amide bonds. The first-order valence-electron chi connectivity index (χ1n) is 36.5. The van der Waals surface area contributed by atoms with Crippen molar-refractivity contribution in [1.82, 2.24) is 30.7 Å². The van der Waals surface area contributed by atoms with Crippen molar-refractivity contribution in [2.45, 2.75) is 90.8 Å². The smallest absolute Gasteiger partial charge is 0.415 e. The Bertz CT molecular complexity index is 4160. The fourth-order valence-electron chi connectivity index (χ4n) is 12.8. The predicted octanol–water partition coefficient (Wildman–Crippen LogP) is 7.93. The molecule has 6 aromatic rings. The summed E-state index contributed by atoms with van der Waals surface area (Å²) in [4.78, 5) is 139. The summed E-state index contributed by atoms with van der Waals surface area (Å²) in [5.74, 6) is -3.93. The average molecular weight is 1730 g/mol. The van der Waals surface area contributed by atoms with Gasteiger partial charge in [0.2, 0.25) is 17.7 Å². The molecule has 0 fully saturated rings. The Labute approximate surface area is 656 Å². The van der Waals surface area contributed by atoms with Crippen molar-refractivity contribution in [3.63, 3.8) is 0 Å². The first kappa shape index (κ1) is 85.2. The molecule has 0 bridgehead atoms. The molecule has 5 aromatic carbocycles. The number of imide groups is 1. The molecule has 2 unspecified atom stereocenters. The maximum absolute atomic E-state index is 14.6. The molecule has 4 atom stereocenters. The summed E-state index contributed by atoms with van der Waals surface area (Å²) in [6.45, 7) is 18.2. The molecule has 584 valence electrons. The van der Waals surface area contributed by atoms with Gasteiger partial charge in [-0.25, -0.2) is 14.4 Å². The van der Waals surface area contributed by atoms with E-state index in [0.29, 0.717) is 99.2 Å². The van der Waals surface area contributed by atoms with E-state index >= 15 is 0 Å². The number of nitrogens with zero attached hydrogens (tertiary/aromatic N) is 5. The zero-order valence-electron chi connectivity index (χ0n) is 62.2. The zero-order valence-corrected chi connectivity index (χ0v) is 66.3. The molecule has 3 aliphatic rings. The molecular weight excluding hydrogens is 1630 g/mol. The van der Waals surface area contributed by atoms with E-state index in [9.17, 15) is 53.1 Å². The van der Waals surface area contributed by atoms with E-state index in [0.717, 1.165) is 26.8 Å². The van der Waals surface area contributed by atoms with Crippen molar-refractivity contribution < 1.29 is 126 Å². The molecule has 0 spiro atoms. The van der Waals surface area contributed by atoms with Gasteiger partial charge in [-0.05, 0) is 90.8 Å². The molecule has 31 heteroatoms. The van der Waals surface area contributed by atoms with E-state index in [1.807, 2.05) is 55.5 Å². The monoisotopic (exact) mass is 1730 g/mol. The summed E-state index contributed by atoms with van der Waals surface area (Å²) in [7, 11) is 0. The molecule has 1 aromatic heterocycles. The number of phenolic OH excluding ortho intramolecular Hbond substituents is 1. The van der Waals surface area contributed by atoms with E-state index in [-0.39, 0.29) is 182 Å². The number of anilines is 3. The predicted molar refractivity (Wildman–Crippen MR) is 399 cm³/mol. The van der Waals surface area contributed by atoms with Crippen molar-refractivity contribution in [2.24, 2.45) is 11.7 Å². The van der Waals surface area contributed by atoms with Gasteiger partial charge in [0, 0.05) is 136 Å². The van der Waals surface area contributed by atoms with Crippen molar-refractivity contribution in [3.8, 4) is 11.5 Å². The molecular formula is C78H97N10O20U-. The van der Waals surface area contributed by atoms with Crippen molar-refractivity contribution in [3.05, 3.63) is 144 Å². The Kier molecular flexibility index (Phi) is 33.2. The van der Waals surface area contributed by atoms with Gasteiger partial charge < -0.3 is 101 Å². The maximum Gasteiger partial charge on any atom is 0.415 e. The van der Waals surface area contributed by atoms with Gasteiger partial charge in [-0.1, -0.05) is 81.4 Å². The molecule has 0 radical (unpaired) electrons. The summed E-state index contributed by atoms with van der Waals surface area (Å²) < 4.78 is 51.0. The number of hydrogen-bond acceptors (Lipinski definition) is 20. The average Bonchev–Trinajstić information content (AvgIpc) is 1.62. The Morgan fingerprint density at radius 3 is 1.72 bits per heavy atom. The van der Waals surface area contributed by atoms with Gasteiger partial charge in [0.1, 0.15) is 30.2 Å². The van der Waals surface area contributed by atoms with Gasteiger partial charge in [0.25, 0.3) is 23.6 Å². The van der Waals surface area contributed by atoms with Crippen LogP contribution in [-0.4, -0.2) is 223 Å². The van der Waals surface area contributed by atoms with E-state index in [4.69, 9.17) is 48.0 Å². The second kappa shape index (κ2) is 42.5. The molecule has 0 saturated heterocycles. The largest absolute Gasteiger partial charge is 0.507 e. The molecule has 30 nitrogen and oxygen atoms in total. The topological polar surface area (TPSA) is 368 Å². The summed E-state index contributed by atoms with van der Waals surface area (Å²) in [6, 6.07) is 24.7. The van der Waals surface area contributed by atoms with Gasteiger partial charge in [-0.2, -0.15) is 0 Å². The van der Waals surface area contributed by atoms with Crippen LogP contribution in [0.5, 0.6) is 11.5 Å². The minimum absolute atomic E-state index is 0. The van der Waals surface area contributed by atoms with Crippen molar-refractivity contribution in [1.29, 1.82) is 0 Å². The molecule has 109 heavy (non-hydrogen) atoms. The number of nitrogens with two attached hydrogens (primary N) is 1. The Morgan fingerprint density at radius 2 is 1.16 bits per heavy atom. The third kappa shape index (κ3) is 23.3. The number of fused-ring (bicyclic) bond motifs is 6. The van der Waals surface area contributed by atoms with Crippen LogP contribution in [0, 0.1) is 44.0 Å². The van der Waals surface area contributed by atoms with E-state index < -0.39 is 59.8 Å². The maximum atomic E-state index is 14.6. The number of nitrogens with one attached hydrogen (secondary N) is 4. The number of amides is 11. The number of rotatable bonds is 42. The number of carbonyl (C=O) groups is 10. The number of urea groups is 1. The van der Waals surface area contributed by atoms with Gasteiger partial charge in [0.05, 0.1) is 91.5 Å². The third-order valence-corrected chi connectivity index (χ3v) is 18.5. The van der Waals surface area contributed by atoms with Gasteiger partial charge in [-0.15, -0.1) is 5.92 Å². The SMILES string of the molecule is [CH2-]C1CN(C(=O)c2ccc(C(=O)N3C[C@@H](CC)c4c3cc(OC(=O)N(CC)CCN(CC)C(=O)OCc3ccc(NC(=O)[C@H](CCCNC(N)=O)NC(=O)C(NC(=O)CCOCCOCCOCCOCCOCCOCCN5C(=O)C=CC5=O)C(C)C)cc3)c3ccccc43)o2)c2cc(O)c3ccccc3c21.[U]. The fraction of sp³-hybridized carbons (Fsp3) is 0.449. The molecule has 7 N–H and O–H groups in total. The summed E-state index contributed by atoms with van der Waals surface area (Å²) in [5.41, 5.74) is 9.00. The minimum atomic E-state index is -1.10. The van der Waals surface area contributed by atoms with Crippen LogP contribution in [0.25, 0.3) is 21.5 Å². The first-order chi connectivity index (χ1) is 52.2. The molecule has 9 rings (SSSR count). The van der Waals surface area contributed by atoms with Crippen LogP contribution in [-0.2, 0) is 63.7 Å². The van der Waals surface area contributed by atoms with Crippen LogP contribution >= 0.6 is 0 Å². The van der Waals surface area contributed by atoms with Crippen LogP contribution in [0.2, 0.25) is 0 Å². The minimum Gasteiger partial charge on any atom is -0.507 e. The van der Waals surface area contributed by atoms with Crippen LogP contribution < -0.4 is 41.5 Å². The second-order valence-corrected chi connectivity index (χ2v) is 26.2. The number of phenols is 1. The third-order valence-electron chi connectivity index (χ3n) is 18.5. The van der Waals surface area contributed by atoms with Gasteiger partial charge >= 0.3 is 18.2 Å². The van der Waals surface area contributed by atoms with Crippen molar-refractivity contribution in [2.75, 3.05) is 147 Å². The summed E-state index contributed by atoms with van der Waals surface area (Å²) >= 11 is 0. The Balaban J connectivity index is 0.0000150. The number of aromatic hydroxyl groups is 1. The van der Waals surface area contributed by atoms with Gasteiger partial charge in [-0.3, -0.25) is 38.5 Å². The number of benzene rings is 5. The van der Waals surface area contributed by atoms with Crippen LogP contribution in [0.1, 0.15) is 110 Å².